The van der Waals surface area contributed by atoms with Gasteiger partial charge in [-0.3, -0.25) is 14.3 Å². The Bertz CT molecular complexity index is 918. The number of piperazine rings is 1. The van der Waals surface area contributed by atoms with Crippen molar-refractivity contribution in [3.8, 4) is 10.6 Å². The number of carbonyl (C=O) groups excluding carboxylic acids is 2. The first kappa shape index (κ1) is 16.5. The van der Waals surface area contributed by atoms with E-state index in [0.29, 0.717) is 30.9 Å². The van der Waals surface area contributed by atoms with E-state index in [2.05, 4.69) is 10.4 Å². The molecule has 6 nitrogen and oxygen atoms in total. The van der Waals surface area contributed by atoms with E-state index in [0.717, 1.165) is 10.4 Å². The van der Waals surface area contributed by atoms with Crippen molar-refractivity contribution in [2.75, 3.05) is 19.6 Å². The lowest BCUT2D eigenvalue weighted by atomic mass is 10.2. The predicted molar refractivity (Wildman–Crippen MR) is 100.0 cm³/mol. The topological polar surface area (TPSA) is 67.2 Å². The molecule has 0 atom stereocenters. The van der Waals surface area contributed by atoms with E-state index >= 15 is 0 Å². The van der Waals surface area contributed by atoms with Gasteiger partial charge in [-0.25, -0.2) is 0 Å². The van der Waals surface area contributed by atoms with Crippen molar-refractivity contribution in [2.45, 2.75) is 6.54 Å². The van der Waals surface area contributed by atoms with Crippen molar-refractivity contribution in [3.63, 3.8) is 0 Å². The number of amides is 2. The quantitative estimate of drug-likeness (QED) is 0.770. The number of carbonyl (C=O) groups is 2. The van der Waals surface area contributed by atoms with Crippen LogP contribution in [0.4, 0.5) is 0 Å². The molecule has 1 aliphatic rings. The second-order valence-electron chi connectivity index (χ2n) is 6.13. The van der Waals surface area contributed by atoms with Gasteiger partial charge in [-0.2, -0.15) is 5.10 Å². The number of hydrogen-bond acceptors (Lipinski definition) is 4. The summed E-state index contributed by atoms with van der Waals surface area (Å²) in [6.07, 6.45) is 1.79. The molecule has 1 saturated heterocycles. The van der Waals surface area contributed by atoms with Crippen LogP contribution in [0.1, 0.15) is 15.9 Å². The molecule has 0 unspecified atom stereocenters. The first-order chi connectivity index (χ1) is 12.7. The van der Waals surface area contributed by atoms with Gasteiger partial charge in [0.2, 0.25) is 5.91 Å². The van der Waals surface area contributed by atoms with Crippen LogP contribution in [0, 0.1) is 0 Å². The van der Waals surface area contributed by atoms with E-state index in [1.165, 1.54) is 0 Å². The number of thiophene rings is 1. The lowest BCUT2D eigenvalue weighted by molar-refractivity contribution is -0.123. The van der Waals surface area contributed by atoms with Gasteiger partial charge in [0.1, 0.15) is 5.69 Å². The van der Waals surface area contributed by atoms with Crippen LogP contribution in [0.15, 0.2) is 54.0 Å². The summed E-state index contributed by atoms with van der Waals surface area (Å²) < 4.78 is 1.79. The van der Waals surface area contributed by atoms with Crippen molar-refractivity contribution in [1.82, 2.24) is 20.0 Å². The molecule has 4 rings (SSSR count). The van der Waals surface area contributed by atoms with E-state index in [4.69, 9.17) is 0 Å². The Morgan fingerprint density at radius 2 is 2.04 bits per heavy atom. The van der Waals surface area contributed by atoms with Crippen LogP contribution in [0.25, 0.3) is 10.6 Å². The Kier molecular flexibility index (Phi) is 4.53. The maximum atomic E-state index is 13.0. The van der Waals surface area contributed by atoms with E-state index in [1.54, 1.807) is 27.1 Å². The standard InChI is InChI=1S/C19H18N4O2S/c24-17-13-22(9-8-20-17)19(25)15-12-23(11-14-5-2-1-3-6-14)21-18(15)16-7-4-10-26-16/h1-7,10,12H,8-9,11,13H2,(H,20,24). The molecular weight excluding hydrogens is 348 g/mol. The molecule has 0 bridgehead atoms. The van der Waals surface area contributed by atoms with Gasteiger partial charge >= 0.3 is 0 Å². The Morgan fingerprint density at radius 1 is 1.19 bits per heavy atom. The van der Waals surface area contributed by atoms with Gasteiger partial charge in [-0.05, 0) is 17.0 Å². The number of hydrogen-bond donors (Lipinski definition) is 1. The second-order valence-corrected chi connectivity index (χ2v) is 7.08. The van der Waals surface area contributed by atoms with Crippen LogP contribution in [-0.2, 0) is 11.3 Å². The fraction of sp³-hybridized carbons (Fsp3) is 0.211. The maximum absolute atomic E-state index is 13.0. The fourth-order valence-electron chi connectivity index (χ4n) is 3.01. The van der Waals surface area contributed by atoms with Crippen molar-refractivity contribution in [2.24, 2.45) is 0 Å². The molecule has 26 heavy (non-hydrogen) atoms. The molecule has 132 valence electrons. The van der Waals surface area contributed by atoms with Crippen molar-refractivity contribution in [3.05, 3.63) is 65.2 Å². The molecule has 1 aliphatic heterocycles. The SMILES string of the molecule is O=C1CN(C(=O)c2cn(Cc3ccccc3)nc2-c2cccs2)CCN1. The molecule has 7 heteroatoms. The number of nitrogens with zero attached hydrogens (tertiary/aromatic N) is 3. The minimum atomic E-state index is -0.150. The highest BCUT2D eigenvalue weighted by atomic mass is 32.1. The molecule has 2 amide bonds. The zero-order valence-corrected chi connectivity index (χ0v) is 14.9. The average molecular weight is 366 g/mol. The molecule has 1 N–H and O–H groups in total. The third kappa shape index (κ3) is 3.39. The molecule has 1 fully saturated rings. The molecular formula is C19H18N4O2S. The van der Waals surface area contributed by atoms with Crippen LogP contribution in [0.2, 0.25) is 0 Å². The van der Waals surface area contributed by atoms with Crippen LogP contribution < -0.4 is 5.32 Å². The molecule has 0 radical (unpaired) electrons. The summed E-state index contributed by atoms with van der Waals surface area (Å²) in [6, 6.07) is 13.9. The summed E-state index contributed by atoms with van der Waals surface area (Å²) >= 11 is 1.55. The van der Waals surface area contributed by atoms with Crippen LogP contribution >= 0.6 is 11.3 Å². The van der Waals surface area contributed by atoms with Crippen LogP contribution in [-0.4, -0.2) is 46.1 Å². The summed E-state index contributed by atoms with van der Waals surface area (Å²) in [7, 11) is 0. The Morgan fingerprint density at radius 3 is 2.77 bits per heavy atom. The number of rotatable bonds is 4. The van der Waals surface area contributed by atoms with Gasteiger partial charge in [-0.15, -0.1) is 11.3 Å². The predicted octanol–water partition coefficient (Wildman–Crippen LogP) is 2.23. The van der Waals surface area contributed by atoms with Crippen molar-refractivity contribution >= 4 is 23.2 Å². The van der Waals surface area contributed by atoms with Gasteiger partial charge in [0.15, 0.2) is 0 Å². The smallest absolute Gasteiger partial charge is 0.258 e. The van der Waals surface area contributed by atoms with Gasteiger partial charge in [0, 0.05) is 19.3 Å². The summed E-state index contributed by atoms with van der Waals surface area (Å²) in [4.78, 5) is 27.2. The Balaban J connectivity index is 1.68. The van der Waals surface area contributed by atoms with Crippen molar-refractivity contribution < 1.29 is 9.59 Å². The van der Waals surface area contributed by atoms with Gasteiger partial charge in [-0.1, -0.05) is 36.4 Å². The summed E-state index contributed by atoms with van der Waals surface area (Å²) in [5.74, 6) is -0.276. The van der Waals surface area contributed by atoms with E-state index in [-0.39, 0.29) is 18.4 Å². The minimum Gasteiger partial charge on any atom is -0.353 e. The number of aromatic nitrogens is 2. The number of benzene rings is 1. The highest BCUT2D eigenvalue weighted by Crippen LogP contribution is 2.28. The molecule has 2 aromatic heterocycles. The van der Waals surface area contributed by atoms with Crippen LogP contribution in [0.5, 0.6) is 0 Å². The molecule has 0 saturated carbocycles. The highest BCUT2D eigenvalue weighted by Gasteiger charge is 2.27. The molecule has 1 aromatic carbocycles. The van der Waals surface area contributed by atoms with Gasteiger partial charge in [0.05, 0.1) is 23.5 Å². The lowest BCUT2D eigenvalue weighted by Crippen LogP contribution is -2.50. The third-order valence-corrected chi connectivity index (χ3v) is 5.14. The second kappa shape index (κ2) is 7.13. The Labute approximate surface area is 155 Å². The largest absolute Gasteiger partial charge is 0.353 e. The summed E-state index contributed by atoms with van der Waals surface area (Å²) in [6.45, 7) is 1.68. The van der Waals surface area contributed by atoms with E-state index in [9.17, 15) is 9.59 Å². The first-order valence-corrected chi connectivity index (χ1v) is 9.30. The fourth-order valence-corrected chi connectivity index (χ4v) is 3.73. The van der Waals surface area contributed by atoms with Crippen molar-refractivity contribution in [1.29, 1.82) is 0 Å². The van der Waals surface area contributed by atoms with E-state index < -0.39 is 0 Å². The van der Waals surface area contributed by atoms with Gasteiger partial charge < -0.3 is 10.2 Å². The molecule has 3 aromatic rings. The monoisotopic (exact) mass is 366 g/mol. The zero-order chi connectivity index (χ0) is 17.9. The van der Waals surface area contributed by atoms with Gasteiger partial charge in [0.25, 0.3) is 5.91 Å². The average Bonchev–Trinajstić information content (AvgIpc) is 3.31. The molecule has 0 aliphatic carbocycles. The highest BCUT2D eigenvalue weighted by molar-refractivity contribution is 7.13. The summed E-state index contributed by atoms with van der Waals surface area (Å²) in [5, 5.41) is 9.38. The maximum Gasteiger partial charge on any atom is 0.258 e. The third-order valence-electron chi connectivity index (χ3n) is 4.26. The van der Waals surface area contributed by atoms with Crippen LogP contribution in [0.3, 0.4) is 0 Å². The molecule has 3 heterocycles. The summed E-state index contributed by atoms with van der Waals surface area (Å²) in [5.41, 5.74) is 2.33. The number of nitrogens with one attached hydrogen (secondary N) is 1. The first-order valence-electron chi connectivity index (χ1n) is 8.42. The Hall–Kier alpha value is -2.93. The molecule has 0 spiro atoms. The lowest BCUT2D eigenvalue weighted by Gasteiger charge is -2.26. The minimum absolute atomic E-state index is 0.0899. The van der Waals surface area contributed by atoms with E-state index in [1.807, 2.05) is 47.8 Å². The normalized spacial score (nSPS) is 14.3. The zero-order valence-electron chi connectivity index (χ0n) is 14.1.